The maximum Gasteiger partial charge on any atom is 0.177 e. The molecule has 2 aromatic heterocycles. The zero-order chi connectivity index (χ0) is 12.7. The van der Waals surface area contributed by atoms with E-state index in [1.165, 1.54) is 23.8 Å². The molecule has 0 spiro atoms. The highest BCUT2D eigenvalue weighted by Crippen LogP contribution is 2.37. The van der Waals surface area contributed by atoms with Crippen molar-refractivity contribution in [1.29, 1.82) is 0 Å². The van der Waals surface area contributed by atoms with Crippen LogP contribution in [0.1, 0.15) is 30.1 Å². The molecule has 1 fully saturated rings. The molecule has 0 aliphatic heterocycles. The second kappa shape index (κ2) is 4.12. The van der Waals surface area contributed by atoms with Gasteiger partial charge in [0.05, 0.1) is 6.54 Å². The Morgan fingerprint density at radius 1 is 1.16 bits per heavy atom. The molecule has 1 saturated carbocycles. The van der Waals surface area contributed by atoms with E-state index in [4.69, 9.17) is 0 Å². The van der Waals surface area contributed by atoms with Gasteiger partial charge in [-0.2, -0.15) is 4.80 Å². The summed E-state index contributed by atoms with van der Waals surface area (Å²) >= 11 is 0. The van der Waals surface area contributed by atoms with Crippen LogP contribution in [-0.4, -0.2) is 25.2 Å². The van der Waals surface area contributed by atoms with E-state index in [1.807, 2.05) is 18.5 Å². The molecule has 0 unspecified atom stereocenters. The van der Waals surface area contributed by atoms with Gasteiger partial charge in [-0.15, -0.1) is 10.2 Å². The van der Waals surface area contributed by atoms with Gasteiger partial charge in [-0.3, -0.25) is 4.98 Å². The van der Waals surface area contributed by atoms with Crippen LogP contribution in [0.2, 0.25) is 0 Å². The molecule has 94 valence electrons. The summed E-state index contributed by atoms with van der Waals surface area (Å²) in [5.74, 6) is 1.45. The molecule has 3 aromatic rings. The van der Waals surface area contributed by atoms with E-state index in [0.29, 0.717) is 12.5 Å². The van der Waals surface area contributed by atoms with Crippen LogP contribution in [0.4, 0.5) is 0 Å². The van der Waals surface area contributed by atoms with Crippen LogP contribution in [0.5, 0.6) is 0 Å². The summed E-state index contributed by atoms with van der Waals surface area (Å²) in [6, 6.07) is 8.33. The number of aromatic nitrogens is 5. The molecule has 5 nitrogen and oxygen atoms in total. The van der Waals surface area contributed by atoms with Crippen molar-refractivity contribution >= 4 is 10.8 Å². The molecule has 2 heterocycles. The Morgan fingerprint density at radius 2 is 2.11 bits per heavy atom. The van der Waals surface area contributed by atoms with Gasteiger partial charge < -0.3 is 0 Å². The van der Waals surface area contributed by atoms with Crippen molar-refractivity contribution in [2.24, 2.45) is 0 Å². The van der Waals surface area contributed by atoms with Crippen LogP contribution >= 0.6 is 0 Å². The van der Waals surface area contributed by atoms with Gasteiger partial charge in [0.1, 0.15) is 0 Å². The number of hydrogen-bond acceptors (Lipinski definition) is 4. The lowest BCUT2D eigenvalue weighted by Crippen LogP contribution is -2.04. The van der Waals surface area contributed by atoms with Gasteiger partial charge in [-0.25, -0.2) is 0 Å². The normalized spacial score (nSPS) is 14.9. The fraction of sp³-hybridized carbons (Fsp3) is 0.286. The molecule has 0 amide bonds. The molecule has 1 aromatic carbocycles. The highest BCUT2D eigenvalue weighted by atomic mass is 15.6. The third-order valence-electron chi connectivity index (χ3n) is 3.44. The van der Waals surface area contributed by atoms with E-state index in [-0.39, 0.29) is 0 Å². The van der Waals surface area contributed by atoms with Crippen molar-refractivity contribution < 1.29 is 0 Å². The number of tetrazole rings is 1. The van der Waals surface area contributed by atoms with Crippen molar-refractivity contribution in [3.63, 3.8) is 0 Å². The van der Waals surface area contributed by atoms with Crippen LogP contribution in [0.25, 0.3) is 10.8 Å². The van der Waals surface area contributed by atoms with Crippen LogP contribution in [0, 0.1) is 0 Å². The second-order valence-corrected chi connectivity index (χ2v) is 5.01. The molecule has 0 N–H and O–H groups in total. The van der Waals surface area contributed by atoms with Crippen LogP contribution in [-0.2, 0) is 6.54 Å². The Morgan fingerprint density at radius 3 is 3.00 bits per heavy atom. The number of benzene rings is 1. The molecular formula is C14H13N5. The topological polar surface area (TPSA) is 56.5 Å². The van der Waals surface area contributed by atoms with Crippen LogP contribution < -0.4 is 0 Å². The fourth-order valence-corrected chi connectivity index (χ4v) is 2.22. The van der Waals surface area contributed by atoms with Gasteiger partial charge in [0.2, 0.25) is 0 Å². The summed E-state index contributed by atoms with van der Waals surface area (Å²) in [5.41, 5.74) is 1.18. The first-order chi connectivity index (χ1) is 9.38. The monoisotopic (exact) mass is 251 g/mol. The smallest absolute Gasteiger partial charge is 0.177 e. The lowest BCUT2D eigenvalue weighted by atomic mass is 10.1. The van der Waals surface area contributed by atoms with Gasteiger partial charge in [0.25, 0.3) is 0 Å². The van der Waals surface area contributed by atoms with Gasteiger partial charge in [-0.1, -0.05) is 12.1 Å². The summed E-state index contributed by atoms with van der Waals surface area (Å²) in [6.07, 6.45) is 6.09. The highest BCUT2D eigenvalue weighted by Gasteiger charge is 2.28. The molecule has 0 atom stereocenters. The summed E-state index contributed by atoms with van der Waals surface area (Å²) in [7, 11) is 0. The Balaban J connectivity index is 1.62. The van der Waals surface area contributed by atoms with E-state index in [0.717, 1.165) is 11.2 Å². The van der Waals surface area contributed by atoms with Crippen LogP contribution in [0.15, 0.2) is 36.7 Å². The largest absolute Gasteiger partial charge is 0.264 e. The molecule has 1 aliphatic carbocycles. The minimum absolute atomic E-state index is 0.552. The minimum Gasteiger partial charge on any atom is -0.264 e. The zero-order valence-electron chi connectivity index (χ0n) is 10.4. The molecule has 0 saturated heterocycles. The van der Waals surface area contributed by atoms with Crippen molar-refractivity contribution in [2.45, 2.75) is 25.3 Å². The Labute approximate surface area is 110 Å². The lowest BCUT2D eigenvalue weighted by molar-refractivity contribution is 0.570. The van der Waals surface area contributed by atoms with E-state index in [2.05, 4.69) is 38.6 Å². The number of pyridine rings is 1. The molecule has 19 heavy (non-hydrogen) atoms. The standard InChI is InChI=1S/C14H13N5/c1-2-13-8-15-6-5-12(13)7-10(1)9-19-17-14(16-18-19)11-3-4-11/h1-2,5-8,11H,3-4,9H2. The van der Waals surface area contributed by atoms with Crippen molar-refractivity contribution in [1.82, 2.24) is 25.2 Å². The number of fused-ring (bicyclic) bond motifs is 1. The average molecular weight is 251 g/mol. The Bertz CT molecular complexity index is 729. The van der Waals surface area contributed by atoms with Crippen molar-refractivity contribution in [3.8, 4) is 0 Å². The van der Waals surface area contributed by atoms with Gasteiger partial charge in [-0.05, 0) is 41.1 Å². The minimum atomic E-state index is 0.552. The first-order valence-corrected chi connectivity index (χ1v) is 6.49. The molecule has 0 radical (unpaired) electrons. The van der Waals surface area contributed by atoms with Crippen molar-refractivity contribution in [3.05, 3.63) is 48.0 Å². The summed E-state index contributed by atoms with van der Waals surface area (Å²) in [6.45, 7) is 0.665. The maximum absolute atomic E-state index is 4.43. The fourth-order valence-electron chi connectivity index (χ4n) is 2.22. The van der Waals surface area contributed by atoms with Crippen molar-refractivity contribution in [2.75, 3.05) is 0 Å². The molecular weight excluding hydrogens is 238 g/mol. The maximum atomic E-state index is 4.43. The summed E-state index contributed by atoms with van der Waals surface area (Å²) in [5, 5.41) is 15.0. The number of hydrogen-bond donors (Lipinski definition) is 0. The van der Waals surface area contributed by atoms with Crippen LogP contribution in [0.3, 0.4) is 0 Å². The molecule has 5 heteroatoms. The molecule has 4 rings (SSSR count). The summed E-state index contributed by atoms with van der Waals surface area (Å²) in [4.78, 5) is 5.79. The Kier molecular flexibility index (Phi) is 2.30. The molecule has 1 aliphatic rings. The highest BCUT2D eigenvalue weighted by molar-refractivity contribution is 5.81. The quantitative estimate of drug-likeness (QED) is 0.715. The summed E-state index contributed by atoms with van der Waals surface area (Å²) < 4.78 is 0. The number of nitrogens with zero attached hydrogens (tertiary/aromatic N) is 5. The number of rotatable bonds is 3. The first-order valence-electron chi connectivity index (χ1n) is 6.49. The molecule has 0 bridgehead atoms. The lowest BCUT2D eigenvalue weighted by Gasteiger charge is -2.02. The third-order valence-corrected chi connectivity index (χ3v) is 3.44. The van der Waals surface area contributed by atoms with Gasteiger partial charge in [0, 0.05) is 23.7 Å². The predicted molar refractivity (Wildman–Crippen MR) is 70.6 cm³/mol. The van der Waals surface area contributed by atoms with Gasteiger partial charge in [0.15, 0.2) is 5.82 Å². The van der Waals surface area contributed by atoms with E-state index < -0.39 is 0 Å². The van der Waals surface area contributed by atoms with E-state index in [9.17, 15) is 0 Å². The predicted octanol–water partition coefficient (Wildman–Crippen LogP) is 2.15. The van der Waals surface area contributed by atoms with E-state index >= 15 is 0 Å². The second-order valence-electron chi connectivity index (χ2n) is 5.01. The van der Waals surface area contributed by atoms with Gasteiger partial charge >= 0.3 is 0 Å². The first kappa shape index (κ1) is 10.6. The third kappa shape index (κ3) is 2.07. The SMILES string of the molecule is c1cc2cc(Cn3nnc(C4CC4)n3)ccc2cn1. The zero-order valence-corrected chi connectivity index (χ0v) is 10.4. The Hall–Kier alpha value is -2.30. The average Bonchev–Trinajstić information content (AvgIpc) is 3.20. The van der Waals surface area contributed by atoms with E-state index in [1.54, 1.807) is 4.80 Å².